The molecular formula is C21H24N2O5. The number of rotatable bonds is 5. The summed E-state index contributed by atoms with van der Waals surface area (Å²) in [6, 6.07) is 10.7. The predicted octanol–water partition coefficient (Wildman–Crippen LogP) is 3.47. The Bertz CT molecular complexity index is 881. The van der Waals surface area contributed by atoms with Crippen LogP contribution in [0.2, 0.25) is 0 Å². The molecule has 1 aliphatic rings. The van der Waals surface area contributed by atoms with E-state index < -0.39 is 6.09 Å². The minimum Gasteiger partial charge on any atom is -0.493 e. The zero-order valence-corrected chi connectivity index (χ0v) is 16.3. The highest BCUT2D eigenvalue weighted by Crippen LogP contribution is 2.33. The molecule has 0 fully saturated rings. The third-order valence-corrected chi connectivity index (χ3v) is 4.64. The molecule has 28 heavy (non-hydrogen) atoms. The molecule has 1 heterocycles. The van der Waals surface area contributed by atoms with Crippen LogP contribution in [0.15, 0.2) is 36.4 Å². The number of hydrogen-bond donors (Lipinski definition) is 1. The van der Waals surface area contributed by atoms with Gasteiger partial charge in [-0.1, -0.05) is 6.07 Å². The molecule has 2 amide bonds. The molecule has 0 unspecified atom stereocenters. The number of amides is 2. The Balaban J connectivity index is 1.77. The normalized spacial score (nSPS) is 12.8. The summed E-state index contributed by atoms with van der Waals surface area (Å²) < 4.78 is 15.6. The van der Waals surface area contributed by atoms with E-state index in [-0.39, 0.29) is 12.5 Å². The molecule has 0 bridgehead atoms. The first-order chi connectivity index (χ1) is 13.5. The molecule has 0 aromatic heterocycles. The van der Waals surface area contributed by atoms with E-state index in [4.69, 9.17) is 14.2 Å². The Kier molecular flexibility index (Phi) is 6.03. The summed E-state index contributed by atoms with van der Waals surface area (Å²) in [6.45, 7) is 3.12. The van der Waals surface area contributed by atoms with Crippen LogP contribution in [0.1, 0.15) is 28.4 Å². The van der Waals surface area contributed by atoms with E-state index in [1.807, 2.05) is 12.1 Å². The highest BCUT2D eigenvalue weighted by Gasteiger charge is 2.24. The molecule has 7 heteroatoms. The van der Waals surface area contributed by atoms with Gasteiger partial charge in [-0.15, -0.1) is 0 Å². The molecule has 0 radical (unpaired) electrons. The summed E-state index contributed by atoms with van der Waals surface area (Å²) in [6.07, 6.45) is 0.197. The van der Waals surface area contributed by atoms with E-state index in [9.17, 15) is 9.59 Å². The van der Waals surface area contributed by atoms with Crippen molar-refractivity contribution in [2.75, 3.05) is 32.7 Å². The number of carbonyl (C=O) groups excluding carboxylic acids is 2. The first kappa shape index (κ1) is 19.5. The molecule has 0 saturated heterocycles. The van der Waals surface area contributed by atoms with Gasteiger partial charge in [0, 0.05) is 24.3 Å². The molecule has 1 aliphatic heterocycles. The van der Waals surface area contributed by atoms with Gasteiger partial charge in [0.2, 0.25) is 0 Å². The van der Waals surface area contributed by atoms with Crippen molar-refractivity contribution in [3.05, 3.63) is 53.1 Å². The van der Waals surface area contributed by atoms with Gasteiger partial charge in [-0.25, -0.2) is 4.79 Å². The van der Waals surface area contributed by atoms with E-state index in [0.29, 0.717) is 35.8 Å². The van der Waals surface area contributed by atoms with Crippen molar-refractivity contribution in [1.29, 1.82) is 0 Å². The zero-order valence-electron chi connectivity index (χ0n) is 16.3. The summed E-state index contributed by atoms with van der Waals surface area (Å²) in [5, 5.41) is 2.62. The van der Waals surface area contributed by atoms with Crippen LogP contribution in [-0.2, 0) is 17.7 Å². The third kappa shape index (κ3) is 4.19. The Morgan fingerprint density at radius 2 is 1.79 bits per heavy atom. The van der Waals surface area contributed by atoms with Gasteiger partial charge in [0.1, 0.15) is 0 Å². The molecule has 3 rings (SSSR count). The molecule has 0 saturated carbocycles. The first-order valence-corrected chi connectivity index (χ1v) is 9.12. The van der Waals surface area contributed by atoms with Crippen molar-refractivity contribution < 1.29 is 23.8 Å². The lowest BCUT2D eigenvalue weighted by atomic mass is 9.98. The van der Waals surface area contributed by atoms with Crippen molar-refractivity contribution >= 4 is 17.7 Å². The first-order valence-electron chi connectivity index (χ1n) is 9.12. The lowest BCUT2D eigenvalue weighted by molar-refractivity contribution is 0.0734. The molecule has 0 atom stereocenters. The summed E-state index contributed by atoms with van der Waals surface area (Å²) in [4.78, 5) is 26.4. The van der Waals surface area contributed by atoms with Crippen molar-refractivity contribution in [2.45, 2.75) is 19.9 Å². The largest absolute Gasteiger partial charge is 0.493 e. The molecule has 148 valence electrons. The fourth-order valence-electron chi connectivity index (χ4n) is 3.25. The molecule has 2 aromatic rings. The van der Waals surface area contributed by atoms with Gasteiger partial charge in [0.25, 0.3) is 5.91 Å². The van der Waals surface area contributed by atoms with E-state index in [1.165, 1.54) is 0 Å². The predicted molar refractivity (Wildman–Crippen MR) is 105 cm³/mol. The number of anilines is 1. The van der Waals surface area contributed by atoms with E-state index >= 15 is 0 Å². The SMILES string of the molecule is CCOC(=O)Nc1cccc(C(=O)N2CCc3cc(OC)c(OC)cc3C2)c1. The average molecular weight is 384 g/mol. The summed E-state index contributed by atoms with van der Waals surface area (Å²) >= 11 is 0. The van der Waals surface area contributed by atoms with Crippen molar-refractivity contribution in [3.63, 3.8) is 0 Å². The van der Waals surface area contributed by atoms with Crippen LogP contribution < -0.4 is 14.8 Å². The highest BCUT2D eigenvalue weighted by molar-refractivity contribution is 5.96. The number of methoxy groups -OCH3 is 2. The second-order valence-corrected chi connectivity index (χ2v) is 6.38. The van der Waals surface area contributed by atoms with Crippen LogP contribution in [0.5, 0.6) is 11.5 Å². The van der Waals surface area contributed by atoms with Gasteiger partial charge < -0.3 is 19.1 Å². The van der Waals surface area contributed by atoms with Crippen molar-refractivity contribution in [1.82, 2.24) is 4.90 Å². The maximum atomic E-state index is 13.0. The van der Waals surface area contributed by atoms with Gasteiger partial charge in [-0.2, -0.15) is 0 Å². The van der Waals surface area contributed by atoms with Gasteiger partial charge in [0.05, 0.1) is 20.8 Å². The van der Waals surface area contributed by atoms with Gasteiger partial charge in [0.15, 0.2) is 11.5 Å². The second kappa shape index (κ2) is 8.65. The van der Waals surface area contributed by atoms with Crippen LogP contribution in [-0.4, -0.2) is 44.3 Å². The lowest BCUT2D eigenvalue weighted by Crippen LogP contribution is -2.36. The Morgan fingerprint density at radius 3 is 2.46 bits per heavy atom. The number of carbonyl (C=O) groups is 2. The maximum absolute atomic E-state index is 13.0. The minimum absolute atomic E-state index is 0.0899. The molecule has 7 nitrogen and oxygen atoms in total. The van der Waals surface area contributed by atoms with Crippen LogP contribution in [0.3, 0.4) is 0 Å². The smallest absolute Gasteiger partial charge is 0.411 e. The fourth-order valence-corrected chi connectivity index (χ4v) is 3.25. The van der Waals surface area contributed by atoms with E-state index in [0.717, 1.165) is 17.5 Å². The number of ether oxygens (including phenoxy) is 3. The van der Waals surface area contributed by atoms with E-state index in [2.05, 4.69) is 5.32 Å². The minimum atomic E-state index is -0.542. The molecule has 0 spiro atoms. The number of benzene rings is 2. The third-order valence-electron chi connectivity index (χ3n) is 4.64. The molecule has 0 aliphatic carbocycles. The fraction of sp³-hybridized carbons (Fsp3) is 0.333. The summed E-state index contributed by atoms with van der Waals surface area (Å²) in [5.41, 5.74) is 3.23. The number of fused-ring (bicyclic) bond motifs is 1. The number of nitrogens with one attached hydrogen (secondary N) is 1. The highest BCUT2D eigenvalue weighted by atomic mass is 16.5. The van der Waals surface area contributed by atoms with Gasteiger partial charge >= 0.3 is 6.09 Å². The topological polar surface area (TPSA) is 77.1 Å². The van der Waals surface area contributed by atoms with Crippen LogP contribution in [0, 0.1) is 0 Å². The molecular weight excluding hydrogens is 360 g/mol. The van der Waals surface area contributed by atoms with Gasteiger partial charge in [-0.05, 0) is 54.8 Å². The van der Waals surface area contributed by atoms with E-state index in [1.54, 1.807) is 50.3 Å². The molecule has 1 N–H and O–H groups in total. The maximum Gasteiger partial charge on any atom is 0.411 e. The summed E-state index contributed by atoms with van der Waals surface area (Å²) in [7, 11) is 3.21. The van der Waals surface area contributed by atoms with Crippen molar-refractivity contribution in [2.24, 2.45) is 0 Å². The standard InChI is InChI=1S/C21H24N2O5/c1-4-28-21(25)22-17-7-5-6-15(10-17)20(24)23-9-8-14-11-18(26-2)19(27-3)12-16(14)13-23/h5-7,10-12H,4,8-9,13H2,1-3H3,(H,22,25). The quantitative estimate of drug-likeness (QED) is 0.854. The monoisotopic (exact) mass is 384 g/mol. The van der Waals surface area contributed by atoms with Gasteiger partial charge in [-0.3, -0.25) is 10.1 Å². The Morgan fingerprint density at radius 1 is 1.07 bits per heavy atom. The van der Waals surface area contributed by atoms with Crippen LogP contribution in [0.25, 0.3) is 0 Å². The Labute approximate surface area is 164 Å². The lowest BCUT2D eigenvalue weighted by Gasteiger charge is -2.29. The second-order valence-electron chi connectivity index (χ2n) is 6.38. The van der Waals surface area contributed by atoms with Crippen LogP contribution in [0.4, 0.5) is 10.5 Å². The Hall–Kier alpha value is -3.22. The summed E-state index contributed by atoms with van der Waals surface area (Å²) in [5.74, 6) is 1.25. The molecule has 2 aromatic carbocycles. The zero-order chi connectivity index (χ0) is 20.1. The number of nitrogens with zero attached hydrogens (tertiary/aromatic N) is 1. The van der Waals surface area contributed by atoms with Crippen LogP contribution >= 0.6 is 0 Å². The number of hydrogen-bond acceptors (Lipinski definition) is 5. The average Bonchev–Trinajstić information content (AvgIpc) is 2.72. The van der Waals surface area contributed by atoms with Crippen molar-refractivity contribution in [3.8, 4) is 11.5 Å².